The number of ether oxygens (including phenoxy) is 2. The van der Waals surface area contributed by atoms with Crippen LogP contribution in [0.3, 0.4) is 0 Å². The molecule has 2 heterocycles. The van der Waals surface area contributed by atoms with Gasteiger partial charge in [-0.3, -0.25) is 9.59 Å². The first-order valence-electron chi connectivity index (χ1n) is 9.71. The number of carbonyl (C=O) groups is 4. The van der Waals surface area contributed by atoms with Crippen LogP contribution in [0.5, 0.6) is 0 Å². The highest BCUT2D eigenvalue weighted by molar-refractivity contribution is 7.16. The van der Waals surface area contributed by atoms with Crippen LogP contribution in [0.25, 0.3) is 0 Å². The van der Waals surface area contributed by atoms with Crippen molar-refractivity contribution in [1.82, 2.24) is 4.90 Å². The molecule has 1 aliphatic heterocycles. The van der Waals surface area contributed by atoms with Crippen LogP contribution in [0.4, 0.5) is 5.00 Å². The van der Waals surface area contributed by atoms with Crippen LogP contribution in [0.2, 0.25) is 0 Å². The number of benzene rings is 1. The van der Waals surface area contributed by atoms with E-state index < -0.39 is 30.5 Å². The maximum Gasteiger partial charge on any atom is 0.341 e. The Bertz CT molecular complexity index is 1040. The highest BCUT2D eigenvalue weighted by Gasteiger charge is 2.34. The molecule has 1 aliphatic rings. The first-order valence-corrected chi connectivity index (χ1v) is 10.5. The summed E-state index contributed by atoms with van der Waals surface area (Å²) in [7, 11) is 1.27. The number of thiophene rings is 1. The van der Waals surface area contributed by atoms with Gasteiger partial charge in [0.1, 0.15) is 11.0 Å². The van der Waals surface area contributed by atoms with E-state index in [9.17, 15) is 19.2 Å². The third kappa shape index (κ3) is 4.77. The molecular weight excluding hydrogens is 420 g/mol. The first kappa shape index (κ1) is 22.5. The Morgan fingerprint density at radius 2 is 1.84 bits per heavy atom. The largest absolute Gasteiger partial charge is 0.465 e. The van der Waals surface area contributed by atoms with E-state index in [1.54, 1.807) is 6.92 Å². The summed E-state index contributed by atoms with van der Waals surface area (Å²) in [5.41, 5.74) is 2.97. The molecule has 164 valence electrons. The second-order valence-electron chi connectivity index (χ2n) is 7.27. The Morgan fingerprint density at radius 1 is 1.16 bits per heavy atom. The van der Waals surface area contributed by atoms with Gasteiger partial charge in [-0.05, 0) is 30.5 Å². The number of carbonyl (C=O) groups excluding carboxylic acids is 4. The average Bonchev–Trinajstić information content (AvgIpc) is 3.03. The summed E-state index contributed by atoms with van der Waals surface area (Å²) in [6, 6.07) is 6.80. The van der Waals surface area contributed by atoms with Gasteiger partial charge >= 0.3 is 11.9 Å². The lowest BCUT2D eigenvalue weighted by Crippen LogP contribution is -2.48. The van der Waals surface area contributed by atoms with Gasteiger partial charge in [-0.2, -0.15) is 0 Å². The maximum absolute atomic E-state index is 12.7. The van der Waals surface area contributed by atoms with E-state index >= 15 is 0 Å². The predicted octanol–water partition coefficient (Wildman–Crippen LogP) is 2.61. The van der Waals surface area contributed by atoms with Gasteiger partial charge < -0.3 is 19.7 Å². The summed E-state index contributed by atoms with van der Waals surface area (Å²) < 4.78 is 10.0. The number of nitrogens with one attached hydrogen (secondary N) is 1. The minimum absolute atomic E-state index is 0.242. The molecule has 3 rings (SSSR count). The topological polar surface area (TPSA) is 102 Å². The fourth-order valence-electron chi connectivity index (χ4n) is 3.52. The zero-order chi connectivity index (χ0) is 22.7. The van der Waals surface area contributed by atoms with Crippen molar-refractivity contribution in [3.8, 4) is 0 Å². The number of rotatable bonds is 5. The molecule has 1 N–H and O–H groups in total. The highest BCUT2D eigenvalue weighted by atomic mass is 32.1. The molecule has 1 aromatic heterocycles. The van der Waals surface area contributed by atoms with Crippen molar-refractivity contribution in [1.29, 1.82) is 0 Å². The van der Waals surface area contributed by atoms with Gasteiger partial charge in [0.05, 0.1) is 12.7 Å². The zero-order valence-electron chi connectivity index (χ0n) is 17.8. The second-order valence-corrected chi connectivity index (χ2v) is 8.50. The lowest BCUT2D eigenvalue weighted by atomic mass is 9.94. The molecule has 31 heavy (non-hydrogen) atoms. The third-order valence-corrected chi connectivity index (χ3v) is 6.42. The van der Waals surface area contributed by atoms with Crippen molar-refractivity contribution in [3.05, 3.63) is 51.4 Å². The summed E-state index contributed by atoms with van der Waals surface area (Å²) in [5, 5.41) is 2.96. The van der Waals surface area contributed by atoms with Crippen LogP contribution >= 0.6 is 11.3 Å². The molecule has 2 amide bonds. The van der Waals surface area contributed by atoms with E-state index in [2.05, 4.69) is 5.32 Å². The Hall–Kier alpha value is -3.20. The molecule has 1 unspecified atom stereocenters. The molecule has 0 fully saturated rings. The van der Waals surface area contributed by atoms with Crippen LogP contribution in [0.1, 0.15) is 38.8 Å². The van der Waals surface area contributed by atoms with Crippen molar-refractivity contribution < 1.29 is 28.7 Å². The molecule has 1 atom stereocenters. The van der Waals surface area contributed by atoms with E-state index in [1.807, 2.05) is 31.2 Å². The number of aryl methyl sites for hydroxylation is 1. The summed E-state index contributed by atoms with van der Waals surface area (Å²) in [4.78, 5) is 51.5. The van der Waals surface area contributed by atoms with E-state index in [-0.39, 0.29) is 11.5 Å². The number of fused-ring (bicyclic) bond motifs is 1. The number of anilines is 1. The van der Waals surface area contributed by atoms with Crippen molar-refractivity contribution in [2.75, 3.05) is 19.0 Å². The Kier molecular flexibility index (Phi) is 6.74. The summed E-state index contributed by atoms with van der Waals surface area (Å²) in [6.45, 7) is 4.79. The van der Waals surface area contributed by atoms with E-state index in [0.717, 1.165) is 21.6 Å². The lowest BCUT2D eigenvalue weighted by molar-refractivity contribution is -0.157. The highest BCUT2D eigenvalue weighted by Crippen LogP contribution is 2.33. The van der Waals surface area contributed by atoms with Crippen LogP contribution in [0, 0.1) is 13.8 Å². The third-order valence-electron chi connectivity index (χ3n) is 5.30. The summed E-state index contributed by atoms with van der Waals surface area (Å²) in [6.07, 6.45) is 0.325. The van der Waals surface area contributed by atoms with Gasteiger partial charge in [0.2, 0.25) is 5.91 Å². The molecule has 0 radical (unpaired) electrons. The Morgan fingerprint density at radius 3 is 2.48 bits per heavy atom. The van der Waals surface area contributed by atoms with Gasteiger partial charge in [0.15, 0.2) is 6.61 Å². The van der Waals surface area contributed by atoms with E-state index in [4.69, 9.17) is 9.47 Å². The fraction of sp³-hybridized carbons (Fsp3) is 0.364. The number of hydrogen-bond acceptors (Lipinski definition) is 7. The predicted molar refractivity (Wildman–Crippen MR) is 115 cm³/mol. The smallest absolute Gasteiger partial charge is 0.341 e. The standard InChI is InChI=1S/C22H24N2O6S/c1-12-13(2)31-20(19(12)22(28)29-4)23-18(26)11-30-21(27)17-9-15-7-5-6-8-16(15)10-24(17)14(3)25/h5-8,17H,9-11H2,1-4H3,(H,23,26). The minimum Gasteiger partial charge on any atom is -0.465 e. The fourth-order valence-corrected chi connectivity index (χ4v) is 4.59. The molecule has 9 heteroatoms. The molecule has 0 bridgehead atoms. The molecule has 1 aromatic carbocycles. The van der Waals surface area contributed by atoms with Crippen LogP contribution in [0.15, 0.2) is 24.3 Å². The summed E-state index contributed by atoms with van der Waals surface area (Å²) >= 11 is 1.25. The first-order chi connectivity index (χ1) is 14.7. The van der Waals surface area contributed by atoms with Crippen molar-refractivity contribution >= 4 is 40.1 Å². The quantitative estimate of drug-likeness (QED) is 0.712. The monoisotopic (exact) mass is 444 g/mol. The van der Waals surface area contributed by atoms with Crippen LogP contribution in [-0.2, 0) is 36.8 Å². The number of methoxy groups -OCH3 is 1. The zero-order valence-corrected chi connectivity index (χ0v) is 18.6. The van der Waals surface area contributed by atoms with Gasteiger partial charge in [0, 0.05) is 24.8 Å². The average molecular weight is 445 g/mol. The number of nitrogens with zero attached hydrogens (tertiary/aromatic N) is 1. The molecular formula is C22H24N2O6S. The van der Waals surface area contributed by atoms with Gasteiger partial charge in [-0.15, -0.1) is 11.3 Å². The van der Waals surface area contributed by atoms with E-state index in [0.29, 0.717) is 18.0 Å². The van der Waals surface area contributed by atoms with Crippen LogP contribution < -0.4 is 5.32 Å². The van der Waals surface area contributed by atoms with Gasteiger partial charge in [-0.25, -0.2) is 9.59 Å². The Balaban J connectivity index is 1.67. The second kappa shape index (κ2) is 9.30. The van der Waals surface area contributed by atoms with Crippen LogP contribution in [-0.4, -0.2) is 48.4 Å². The van der Waals surface area contributed by atoms with Crippen molar-refractivity contribution in [2.45, 2.75) is 39.8 Å². The number of hydrogen-bond donors (Lipinski definition) is 1. The number of amides is 2. The molecule has 8 nitrogen and oxygen atoms in total. The lowest BCUT2D eigenvalue weighted by Gasteiger charge is -2.34. The normalized spacial score (nSPS) is 15.1. The number of esters is 2. The molecule has 0 saturated carbocycles. The summed E-state index contributed by atoms with van der Waals surface area (Å²) in [5.74, 6) is -2.02. The van der Waals surface area contributed by atoms with Gasteiger partial charge in [-0.1, -0.05) is 24.3 Å². The molecule has 0 aliphatic carbocycles. The van der Waals surface area contributed by atoms with Crippen molar-refractivity contribution in [2.24, 2.45) is 0 Å². The SMILES string of the molecule is COC(=O)c1c(NC(=O)COC(=O)C2Cc3ccccc3CN2C(C)=O)sc(C)c1C. The minimum atomic E-state index is -0.794. The Labute approximate surface area is 184 Å². The molecule has 2 aromatic rings. The maximum atomic E-state index is 12.7. The van der Waals surface area contributed by atoms with Gasteiger partial charge in [0.25, 0.3) is 5.91 Å². The molecule has 0 spiro atoms. The molecule has 0 saturated heterocycles. The van der Waals surface area contributed by atoms with E-state index in [1.165, 1.54) is 30.3 Å². The van der Waals surface area contributed by atoms with Crippen molar-refractivity contribution in [3.63, 3.8) is 0 Å².